The van der Waals surface area contributed by atoms with Crippen molar-refractivity contribution in [2.75, 3.05) is 24.6 Å². The molecule has 0 atom stereocenters. The van der Waals surface area contributed by atoms with Crippen LogP contribution in [0.25, 0.3) is 0 Å². The molecule has 4 N–H and O–H groups in total. The number of nitrogens with two attached hydrogens (primary N) is 2. The molecule has 0 radical (unpaired) electrons. The van der Waals surface area contributed by atoms with Crippen LogP contribution >= 0.6 is 21.4 Å². The fourth-order valence-electron chi connectivity index (χ4n) is 0.522. The molecule has 0 heterocycles. The predicted molar refractivity (Wildman–Crippen MR) is 66.6 cm³/mol. The van der Waals surface area contributed by atoms with Crippen molar-refractivity contribution in [3.05, 3.63) is 0 Å². The third kappa shape index (κ3) is 23.9. The molecule has 0 aliphatic carbocycles. The summed E-state index contributed by atoms with van der Waals surface area (Å²) in [6.07, 6.45) is 0.873. The Bertz CT molecular complexity index is 321. The van der Waals surface area contributed by atoms with Crippen molar-refractivity contribution in [3.63, 3.8) is 0 Å². The van der Waals surface area contributed by atoms with E-state index in [4.69, 9.17) is 32.8 Å². The fraction of sp³-hybridized carbons (Fsp3) is 1.00. The first-order chi connectivity index (χ1) is 7.12. The minimum absolute atomic E-state index is 0.0718. The van der Waals surface area contributed by atoms with Gasteiger partial charge >= 0.3 is 0 Å². The predicted octanol–water partition coefficient (Wildman–Crippen LogP) is -0.192. The molecular formula is C6H16Cl2N2O4S2. The SMILES string of the molecule is NCCCN.O=S(=O)(Cl)CCCS(=O)(=O)Cl. The Morgan fingerprint density at radius 3 is 1.19 bits per heavy atom. The van der Waals surface area contributed by atoms with Gasteiger partial charge in [0.15, 0.2) is 0 Å². The monoisotopic (exact) mass is 314 g/mol. The summed E-state index contributed by atoms with van der Waals surface area (Å²) in [6.45, 7) is 1.44. The van der Waals surface area contributed by atoms with E-state index in [0.29, 0.717) is 0 Å². The van der Waals surface area contributed by atoms with Crippen molar-refractivity contribution in [1.29, 1.82) is 0 Å². The molecule has 6 nitrogen and oxygen atoms in total. The molecule has 0 saturated heterocycles. The third-order valence-corrected chi connectivity index (χ3v) is 3.66. The molecule has 0 fully saturated rings. The van der Waals surface area contributed by atoms with Crippen LogP contribution in [-0.2, 0) is 18.1 Å². The van der Waals surface area contributed by atoms with Crippen molar-refractivity contribution in [1.82, 2.24) is 0 Å². The lowest BCUT2D eigenvalue weighted by molar-refractivity contribution is 0.604. The molecule has 0 aliphatic heterocycles. The van der Waals surface area contributed by atoms with E-state index >= 15 is 0 Å². The lowest BCUT2D eigenvalue weighted by Crippen LogP contribution is -2.06. The summed E-state index contributed by atoms with van der Waals surface area (Å²) in [5.41, 5.74) is 10.1. The van der Waals surface area contributed by atoms with Gasteiger partial charge in [-0.3, -0.25) is 0 Å². The van der Waals surface area contributed by atoms with Gasteiger partial charge in [-0.2, -0.15) is 0 Å². The number of rotatable bonds is 6. The van der Waals surface area contributed by atoms with Crippen molar-refractivity contribution in [3.8, 4) is 0 Å². The second-order valence-corrected chi connectivity index (χ2v) is 8.56. The molecule has 0 unspecified atom stereocenters. The third-order valence-electron chi connectivity index (χ3n) is 1.18. The summed E-state index contributed by atoms with van der Waals surface area (Å²) < 4.78 is 41.0. The number of hydrogen-bond donors (Lipinski definition) is 2. The van der Waals surface area contributed by atoms with E-state index in [2.05, 4.69) is 0 Å². The van der Waals surface area contributed by atoms with Gasteiger partial charge in [-0.1, -0.05) is 0 Å². The molecule has 0 saturated carbocycles. The van der Waals surface area contributed by atoms with Gasteiger partial charge < -0.3 is 11.5 Å². The fourth-order valence-corrected chi connectivity index (χ4v) is 2.34. The quantitative estimate of drug-likeness (QED) is 0.655. The molecule has 0 rings (SSSR count). The highest BCUT2D eigenvalue weighted by Crippen LogP contribution is 2.03. The lowest BCUT2D eigenvalue weighted by Gasteiger charge is -1.93. The molecule has 10 heteroatoms. The van der Waals surface area contributed by atoms with Crippen LogP contribution < -0.4 is 11.5 Å². The maximum Gasteiger partial charge on any atom is 0.232 e. The van der Waals surface area contributed by atoms with E-state index in [1.165, 1.54) is 0 Å². The van der Waals surface area contributed by atoms with E-state index in [-0.39, 0.29) is 17.9 Å². The second-order valence-electron chi connectivity index (χ2n) is 2.77. The maximum absolute atomic E-state index is 10.2. The average Bonchev–Trinajstić information content (AvgIpc) is 2.01. The first-order valence-corrected chi connectivity index (χ1v) is 9.33. The molecule has 0 aromatic heterocycles. The summed E-state index contributed by atoms with van der Waals surface area (Å²) in [5.74, 6) is -0.749. The maximum atomic E-state index is 10.2. The minimum atomic E-state index is -3.60. The van der Waals surface area contributed by atoms with Crippen molar-refractivity contribution >= 4 is 39.5 Å². The summed E-state index contributed by atoms with van der Waals surface area (Å²) in [7, 11) is 2.40. The van der Waals surface area contributed by atoms with Crippen LogP contribution in [0, 0.1) is 0 Å². The molecule has 0 bridgehead atoms. The van der Waals surface area contributed by atoms with Crippen LogP contribution in [0.2, 0.25) is 0 Å². The zero-order chi connectivity index (χ0) is 13.2. The largest absolute Gasteiger partial charge is 0.330 e. The Labute approximate surface area is 105 Å². The van der Waals surface area contributed by atoms with Gasteiger partial charge in [0, 0.05) is 21.4 Å². The van der Waals surface area contributed by atoms with Crippen LogP contribution in [0.15, 0.2) is 0 Å². The first-order valence-electron chi connectivity index (χ1n) is 4.37. The molecule has 0 amide bonds. The van der Waals surface area contributed by atoms with Gasteiger partial charge in [-0.25, -0.2) is 16.8 Å². The van der Waals surface area contributed by atoms with Gasteiger partial charge in [0.25, 0.3) is 0 Å². The van der Waals surface area contributed by atoms with Crippen molar-refractivity contribution in [2.24, 2.45) is 11.5 Å². The molecule has 0 aliphatic rings. The van der Waals surface area contributed by atoms with Gasteiger partial charge in [0.2, 0.25) is 18.1 Å². The Hall–Kier alpha value is 0.400. The summed E-state index contributed by atoms with van der Waals surface area (Å²) in [6, 6.07) is 0. The summed E-state index contributed by atoms with van der Waals surface area (Å²) in [5, 5.41) is 0. The number of halogens is 2. The minimum Gasteiger partial charge on any atom is -0.330 e. The zero-order valence-corrected chi connectivity index (χ0v) is 11.7. The van der Waals surface area contributed by atoms with Crippen molar-refractivity contribution in [2.45, 2.75) is 12.8 Å². The van der Waals surface area contributed by atoms with E-state index in [1.54, 1.807) is 0 Å². The lowest BCUT2D eigenvalue weighted by atomic mass is 10.4. The van der Waals surface area contributed by atoms with Gasteiger partial charge in [-0.15, -0.1) is 0 Å². The Balaban J connectivity index is 0. The molecule has 0 aromatic rings. The number of hydrogen-bond acceptors (Lipinski definition) is 6. The molecule has 100 valence electrons. The average molecular weight is 315 g/mol. The van der Waals surface area contributed by atoms with Gasteiger partial charge in [-0.05, 0) is 25.9 Å². The molecular weight excluding hydrogens is 299 g/mol. The van der Waals surface area contributed by atoms with Gasteiger partial charge in [0.05, 0.1) is 11.5 Å². The highest BCUT2D eigenvalue weighted by atomic mass is 35.7. The molecule has 0 aromatic carbocycles. The molecule has 0 spiro atoms. The van der Waals surface area contributed by atoms with E-state index in [0.717, 1.165) is 19.5 Å². The zero-order valence-electron chi connectivity index (χ0n) is 8.60. The highest BCUT2D eigenvalue weighted by Gasteiger charge is 2.09. The Morgan fingerprint density at radius 2 is 1.06 bits per heavy atom. The normalized spacial score (nSPS) is 11.8. The van der Waals surface area contributed by atoms with E-state index in [9.17, 15) is 16.8 Å². The van der Waals surface area contributed by atoms with Crippen LogP contribution in [0.1, 0.15) is 12.8 Å². The highest BCUT2D eigenvalue weighted by molar-refractivity contribution is 8.14. The Kier molecular flexibility index (Phi) is 11.1. The van der Waals surface area contributed by atoms with Crippen LogP contribution in [0.5, 0.6) is 0 Å². The summed E-state index contributed by atoms with van der Waals surface area (Å²) in [4.78, 5) is 0. The summed E-state index contributed by atoms with van der Waals surface area (Å²) >= 11 is 0. The smallest absolute Gasteiger partial charge is 0.232 e. The van der Waals surface area contributed by atoms with E-state index in [1.807, 2.05) is 0 Å². The first kappa shape index (κ1) is 18.8. The standard InChI is InChI=1S/C3H6Cl2O4S2.C3H10N2/c4-10(6,7)2-1-3-11(5,8)9;4-2-1-3-5/h1-3H2;1-5H2. The van der Waals surface area contributed by atoms with Crippen LogP contribution in [0.4, 0.5) is 0 Å². The van der Waals surface area contributed by atoms with E-state index < -0.39 is 18.1 Å². The van der Waals surface area contributed by atoms with Crippen LogP contribution in [0.3, 0.4) is 0 Å². The second kappa shape index (κ2) is 9.43. The van der Waals surface area contributed by atoms with Crippen LogP contribution in [-0.4, -0.2) is 41.4 Å². The van der Waals surface area contributed by atoms with Gasteiger partial charge in [0.1, 0.15) is 0 Å². The Morgan fingerprint density at radius 1 is 0.750 bits per heavy atom. The molecule has 16 heavy (non-hydrogen) atoms. The van der Waals surface area contributed by atoms with Crippen molar-refractivity contribution < 1.29 is 16.8 Å². The topological polar surface area (TPSA) is 120 Å².